The number of carbonyl (C=O) groups excluding carboxylic acids is 2. The molecule has 0 aromatic heterocycles. The molecule has 0 bridgehead atoms. The van der Waals surface area contributed by atoms with Gasteiger partial charge in [0.15, 0.2) is 11.6 Å². The Morgan fingerprint density at radius 2 is 1.76 bits per heavy atom. The largest absolute Gasteiger partial charge is 0.334 e. The van der Waals surface area contributed by atoms with Crippen molar-refractivity contribution in [2.24, 2.45) is 0 Å². The molecule has 4 nitrogen and oxygen atoms in total. The maximum absolute atomic E-state index is 13.6. The van der Waals surface area contributed by atoms with Crippen LogP contribution in [0.25, 0.3) is 0 Å². The van der Waals surface area contributed by atoms with E-state index in [-0.39, 0.29) is 11.7 Å². The standard InChI is InChI=1S/C19H20F2N2O2/c1-12-7-9-14(10-8-12)11-13(2)23(3)19(25)18(24)22-16-6-4-5-15(20)17(16)21/h4-10,13H,11H2,1-3H3,(H,22,24). The van der Waals surface area contributed by atoms with Crippen molar-refractivity contribution in [3.8, 4) is 0 Å². The molecule has 1 unspecified atom stereocenters. The summed E-state index contributed by atoms with van der Waals surface area (Å²) in [6.45, 7) is 3.80. The molecule has 0 radical (unpaired) electrons. The van der Waals surface area contributed by atoms with E-state index in [2.05, 4.69) is 5.32 Å². The highest BCUT2D eigenvalue weighted by Crippen LogP contribution is 2.17. The van der Waals surface area contributed by atoms with Crippen LogP contribution in [0.15, 0.2) is 42.5 Å². The Kier molecular flexibility index (Phi) is 5.85. The fraction of sp³-hybridized carbons (Fsp3) is 0.263. The number of likely N-dealkylation sites (N-methyl/N-ethyl adjacent to an activating group) is 1. The second-order valence-electron chi connectivity index (χ2n) is 6.01. The first-order chi connectivity index (χ1) is 11.8. The number of hydrogen-bond acceptors (Lipinski definition) is 2. The number of amides is 2. The lowest BCUT2D eigenvalue weighted by Crippen LogP contribution is -2.43. The van der Waals surface area contributed by atoms with Gasteiger partial charge in [0, 0.05) is 13.1 Å². The van der Waals surface area contributed by atoms with E-state index in [4.69, 9.17) is 0 Å². The molecule has 1 N–H and O–H groups in total. The number of nitrogens with zero attached hydrogens (tertiary/aromatic N) is 1. The van der Waals surface area contributed by atoms with Crippen LogP contribution in [0.5, 0.6) is 0 Å². The average molecular weight is 346 g/mol. The monoisotopic (exact) mass is 346 g/mol. The second kappa shape index (κ2) is 7.88. The summed E-state index contributed by atoms with van der Waals surface area (Å²) >= 11 is 0. The molecule has 0 aliphatic rings. The van der Waals surface area contributed by atoms with Gasteiger partial charge in [-0.2, -0.15) is 0 Å². The SMILES string of the molecule is Cc1ccc(CC(C)N(C)C(=O)C(=O)Nc2cccc(F)c2F)cc1. The summed E-state index contributed by atoms with van der Waals surface area (Å²) in [4.78, 5) is 25.5. The zero-order chi connectivity index (χ0) is 18.6. The lowest BCUT2D eigenvalue weighted by molar-refractivity contribution is -0.143. The molecule has 0 saturated carbocycles. The van der Waals surface area contributed by atoms with Gasteiger partial charge in [-0.3, -0.25) is 9.59 Å². The molecule has 0 fully saturated rings. The number of aryl methyl sites for hydroxylation is 1. The lowest BCUT2D eigenvalue weighted by atomic mass is 10.0. The van der Waals surface area contributed by atoms with E-state index >= 15 is 0 Å². The predicted octanol–water partition coefficient (Wildman–Crippen LogP) is 3.30. The Hall–Kier alpha value is -2.76. The highest BCUT2D eigenvalue weighted by atomic mass is 19.2. The quantitative estimate of drug-likeness (QED) is 0.864. The third-order valence-electron chi connectivity index (χ3n) is 4.03. The number of nitrogens with one attached hydrogen (secondary N) is 1. The van der Waals surface area contributed by atoms with Crippen LogP contribution in [0.3, 0.4) is 0 Å². The number of benzene rings is 2. The van der Waals surface area contributed by atoms with Gasteiger partial charge in [-0.1, -0.05) is 35.9 Å². The normalized spacial score (nSPS) is 11.7. The van der Waals surface area contributed by atoms with Crippen LogP contribution >= 0.6 is 0 Å². The lowest BCUT2D eigenvalue weighted by Gasteiger charge is -2.24. The summed E-state index contributed by atoms with van der Waals surface area (Å²) in [5.41, 5.74) is 1.81. The molecule has 2 amide bonds. The minimum absolute atomic E-state index is 0.238. The number of halogens is 2. The third-order valence-corrected chi connectivity index (χ3v) is 4.03. The van der Waals surface area contributed by atoms with Crippen molar-refractivity contribution in [2.45, 2.75) is 26.3 Å². The molecule has 1 atom stereocenters. The molecule has 0 aliphatic carbocycles. The predicted molar refractivity (Wildman–Crippen MR) is 92.1 cm³/mol. The van der Waals surface area contributed by atoms with Crippen molar-refractivity contribution in [1.29, 1.82) is 0 Å². The van der Waals surface area contributed by atoms with E-state index in [1.165, 1.54) is 24.1 Å². The molecule has 0 saturated heterocycles. The molecule has 2 aromatic rings. The van der Waals surface area contributed by atoms with E-state index in [1.54, 1.807) is 0 Å². The summed E-state index contributed by atoms with van der Waals surface area (Å²) < 4.78 is 26.8. The van der Waals surface area contributed by atoms with Crippen molar-refractivity contribution in [3.63, 3.8) is 0 Å². The zero-order valence-corrected chi connectivity index (χ0v) is 14.3. The number of hydrogen-bond donors (Lipinski definition) is 1. The maximum Gasteiger partial charge on any atom is 0.313 e. The van der Waals surface area contributed by atoms with Crippen LogP contribution in [0.2, 0.25) is 0 Å². The minimum atomic E-state index is -1.20. The van der Waals surface area contributed by atoms with E-state index in [1.807, 2.05) is 38.1 Å². The summed E-state index contributed by atoms with van der Waals surface area (Å²) in [6, 6.07) is 11.0. The zero-order valence-electron chi connectivity index (χ0n) is 14.3. The highest BCUT2D eigenvalue weighted by molar-refractivity contribution is 6.39. The fourth-order valence-corrected chi connectivity index (χ4v) is 2.34. The van der Waals surface area contributed by atoms with Gasteiger partial charge in [0.25, 0.3) is 0 Å². The molecular formula is C19H20F2N2O2. The molecular weight excluding hydrogens is 326 g/mol. The average Bonchev–Trinajstić information content (AvgIpc) is 2.59. The van der Waals surface area contributed by atoms with Crippen LogP contribution < -0.4 is 5.32 Å². The van der Waals surface area contributed by atoms with Crippen molar-refractivity contribution < 1.29 is 18.4 Å². The molecule has 0 spiro atoms. The topological polar surface area (TPSA) is 49.4 Å². The Bertz CT molecular complexity index is 775. The van der Waals surface area contributed by atoms with Crippen LogP contribution in [-0.4, -0.2) is 29.8 Å². The second-order valence-corrected chi connectivity index (χ2v) is 6.01. The van der Waals surface area contributed by atoms with Gasteiger partial charge in [0.1, 0.15) is 0 Å². The van der Waals surface area contributed by atoms with Crippen LogP contribution in [0, 0.1) is 18.6 Å². The Labute approximate surface area is 145 Å². The molecule has 2 rings (SSSR count). The van der Waals surface area contributed by atoms with Crippen molar-refractivity contribution in [1.82, 2.24) is 4.90 Å². The fourth-order valence-electron chi connectivity index (χ4n) is 2.34. The van der Waals surface area contributed by atoms with Gasteiger partial charge in [0.05, 0.1) is 5.69 Å². The summed E-state index contributed by atoms with van der Waals surface area (Å²) in [5.74, 6) is -4.11. The van der Waals surface area contributed by atoms with Gasteiger partial charge in [-0.15, -0.1) is 0 Å². The van der Waals surface area contributed by atoms with Crippen molar-refractivity contribution in [2.75, 3.05) is 12.4 Å². The maximum atomic E-state index is 13.6. The smallest absolute Gasteiger partial charge is 0.313 e. The Morgan fingerprint density at radius 3 is 2.40 bits per heavy atom. The minimum Gasteiger partial charge on any atom is -0.334 e. The van der Waals surface area contributed by atoms with Crippen LogP contribution in [0.4, 0.5) is 14.5 Å². The third kappa shape index (κ3) is 4.62. The first-order valence-corrected chi connectivity index (χ1v) is 7.87. The summed E-state index contributed by atoms with van der Waals surface area (Å²) in [7, 11) is 1.50. The molecule has 0 aliphatic heterocycles. The summed E-state index contributed by atoms with van der Waals surface area (Å²) in [6.07, 6.45) is 0.574. The van der Waals surface area contributed by atoms with Gasteiger partial charge in [-0.25, -0.2) is 8.78 Å². The van der Waals surface area contributed by atoms with Gasteiger partial charge < -0.3 is 10.2 Å². The molecule has 6 heteroatoms. The molecule has 0 heterocycles. The van der Waals surface area contributed by atoms with Crippen molar-refractivity contribution in [3.05, 3.63) is 65.2 Å². The molecule has 2 aromatic carbocycles. The first kappa shape index (κ1) is 18.6. The van der Waals surface area contributed by atoms with E-state index in [9.17, 15) is 18.4 Å². The van der Waals surface area contributed by atoms with Gasteiger partial charge in [-0.05, 0) is 38.0 Å². The van der Waals surface area contributed by atoms with E-state index in [0.29, 0.717) is 6.42 Å². The van der Waals surface area contributed by atoms with Crippen LogP contribution in [0.1, 0.15) is 18.1 Å². The summed E-state index contributed by atoms with van der Waals surface area (Å²) in [5, 5.41) is 2.11. The first-order valence-electron chi connectivity index (χ1n) is 7.87. The Morgan fingerprint density at radius 1 is 1.12 bits per heavy atom. The Balaban J connectivity index is 2.01. The van der Waals surface area contributed by atoms with Crippen LogP contribution in [-0.2, 0) is 16.0 Å². The van der Waals surface area contributed by atoms with E-state index in [0.717, 1.165) is 17.2 Å². The highest BCUT2D eigenvalue weighted by Gasteiger charge is 2.24. The number of rotatable bonds is 4. The molecule has 132 valence electrons. The number of anilines is 1. The van der Waals surface area contributed by atoms with Gasteiger partial charge >= 0.3 is 11.8 Å². The van der Waals surface area contributed by atoms with Crippen molar-refractivity contribution >= 4 is 17.5 Å². The van der Waals surface area contributed by atoms with E-state index < -0.39 is 23.4 Å². The van der Waals surface area contributed by atoms with Gasteiger partial charge in [0.2, 0.25) is 0 Å². The number of carbonyl (C=O) groups is 2. The molecule has 25 heavy (non-hydrogen) atoms.